The van der Waals surface area contributed by atoms with Crippen molar-refractivity contribution in [3.8, 4) is 0 Å². The van der Waals surface area contributed by atoms with Crippen LogP contribution in [-0.2, 0) is 13.0 Å². The van der Waals surface area contributed by atoms with Crippen LogP contribution in [0, 0.1) is 5.92 Å². The van der Waals surface area contributed by atoms with E-state index in [2.05, 4.69) is 15.3 Å². The summed E-state index contributed by atoms with van der Waals surface area (Å²) >= 11 is 6.00. The van der Waals surface area contributed by atoms with Crippen LogP contribution in [0.5, 0.6) is 0 Å². The monoisotopic (exact) mass is 263 g/mol. The van der Waals surface area contributed by atoms with E-state index in [1.54, 1.807) is 12.3 Å². The Labute approximate surface area is 110 Å². The molecule has 1 aliphatic carbocycles. The summed E-state index contributed by atoms with van der Waals surface area (Å²) < 4.78 is 5.25. The van der Waals surface area contributed by atoms with Gasteiger partial charge in [-0.1, -0.05) is 11.6 Å². The van der Waals surface area contributed by atoms with Crippen LogP contribution in [0.25, 0.3) is 0 Å². The van der Waals surface area contributed by atoms with Crippen LogP contribution in [0.3, 0.4) is 0 Å². The van der Waals surface area contributed by atoms with Gasteiger partial charge >= 0.3 is 0 Å². The fraction of sp³-hybridized carbons (Fsp3) is 0.385. The zero-order valence-electron chi connectivity index (χ0n) is 9.90. The number of nitrogens with one attached hydrogen (secondary N) is 1. The van der Waals surface area contributed by atoms with E-state index in [1.165, 1.54) is 12.8 Å². The largest absolute Gasteiger partial charge is 0.467 e. The van der Waals surface area contributed by atoms with Gasteiger partial charge in [-0.15, -0.1) is 0 Å². The first kappa shape index (κ1) is 11.5. The molecule has 1 N–H and O–H groups in total. The molecule has 0 radical (unpaired) electrons. The number of rotatable bonds is 5. The van der Waals surface area contributed by atoms with Crippen molar-refractivity contribution in [1.82, 2.24) is 9.97 Å². The lowest BCUT2D eigenvalue weighted by molar-refractivity contribution is 0.517. The Morgan fingerprint density at radius 3 is 3.00 bits per heavy atom. The minimum absolute atomic E-state index is 0.489. The van der Waals surface area contributed by atoms with Gasteiger partial charge in [0, 0.05) is 12.5 Å². The maximum atomic E-state index is 6.00. The normalized spacial score (nSPS) is 14.7. The molecule has 0 unspecified atom stereocenters. The van der Waals surface area contributed by atoms with Crippen molar-refractivity contribution in [3.63, 3.8) is 0 Å². The van der Waals surface area contributed by atoms with Crippen LogP contribution < -0.4 is 5.32 Å². The molecule has 94 valence electrons. The first-order valence-electron chi connectivity index (χ1n) is 6.09. The minimum Gasteiger partial charge on any atom is -0.467 e. The van der Waals surface area contributed by atoms with Gasteiger partial charge in [-0.2, -0.15) is 0 Å². The number of hydrogen-bond donors (Lipinski definition) is 1. The number of halogens is 1. The molecule has 0 amide bonds. The van der Waals surface area contributed by atoms with Gasteiger partial charge in [0.2, 0.25) is 0 Å². The van der Waals surface area contributed by atoms with Gasteiger partial charge in [-0.3, -0.25) is 0 Å². The second kappa shape index (κ2) is 4.98. The Kier molecular flexibility index (Phi) is 3.19. The molecule has 4 nitrogen and oxygen atoms in total. The van der Waals surface area contributed by atoms with Crippen molar-refractivity contribution in [2.45, 2.75) is 25.8 Å². The molecule has 2 aromatic rings. The Morgan fingerprint density at radius 2 is 2.28 bits per heavy atom. The predicted molar refractivity (Wildman–Crippen MR) is 69.5 cm³/mol. The molecule has 18 heavy (non-hydrogen) atoms. The lowest BCUT2D eigenvalue weighted by atomic mass is 10.3. The maximum absolute atomic E-state index is 6.00. The maximum Gasteiger partial charge on any atom is 0.134 e. The van der Waals surface area contributed by atoms with Gasteiger partial charge in [-0.05, 0) is 30.9 Å². The Bertz CT molecular complexity index is 523. The van der Waals surface area contributed by atoms with Crippen LogP contribution in [-0.4, -0.2) is 9.97 Å². The van der Waals surface area contributed by atoms with Crippen molar-refractivity contribution in [3.05, 3.63) is 41.2 Å². The van der Waals surface area contributed by atoms with Crippen molar-refractivity contribution < 1.29 is 4.42 Å². The van der Waals surface area contributed by atoms with Gasteiger partial charge in [0.1, 0.15) is 22.6 Å². The Morgan fingerprint density at radius 1 is 1.39 bits per heavy atom. The quantitative estimate of drug-likeness (QED) is 0.841. The molecule has 1 aliphatic rings. The molecule has 1 fully saturated rings. The molecule has 3 rings (SSSR count). The van der Waals surface area contributed by atoms with E-state index < -0.39 is 0 Å². The fourth-order valence-corrected chi connectivity index (χ4v) is 2.02. The SMILES string of the molecule is Clc1cc(NCc2ccco2)nc(CC2CC2)n1. The molecule has 0 saturated heterocycles. The smallest absolute Gasteiger partial charge is 0.134 e. The minimum atomic E-state index is 0.489. The second-order valence-electron chi connectivity index (χ2n) is 4.57. The highest BCUT2D eigenvalue weighted by atomic mass is 35.5. The van der Waals surface area contributed by atoms with Gasteiger partial charge in [0.05, 0.1) is 12.8 Å². The summed E-state index contributed by atoms with van der Waals surface area (Å²) in [5.74, 6) is 3.20. The Balaban J connectivity index is 1.68. The number of anilines is 1. The summed E-state index contributed by atoms with van der Waals surface area (Å²) in [4.78, 5) is 8.71. The molecule has 2 heterocycles. The summed E-state index contributed by atoms with van der Waals surface area (Å²) in [7, 11) is 0. The highest BCUT2D eigenvalue weighted by Gasteiger charge is 2.23. The molecule has 2 aromatic heterocycles. The summed E-state index contributed by atoms with van der Waals surface area (Å²) in [6, 6.07) is 5.52. The third kappa shape index (κ3) is 3.01. The van der Waals surface area contributed by atoms with Crippen molar-refractivity contribution in [2.75, 3.05) is 5.32 Å². The van der Waals surface area contributed by atoms with Crippen molar-refractivity contribution >= 4 is 17.4 Å². The van der Waals surface area contributed by atoms with Gasteiger partial charge in [0.15, 0.2) is 0 Å². The van der Waals surface area contributed by atoms with Crippen LogP contribution in [0.15, 0.2) is 28.9 Å². The van der Waals surface area contributed by atoms with E-state index in [4.69, 9.17) is 16.0 Å². The zero-order chi connectivity index (χ0) is 12.4. The van der Waals surface area contributed by atoms with Crippen molar-refractivity contribution in [1.29, 1.82) is 0 Å². The van der Waals surface area contributed by atoms with Crippen LogP contribution in [0.1, 0.15) is 24.4 Å². The second-order valence-corrected chi connectivity index (χ2v) is 4.96. The third-order valence-electron chi connectivity index (χ3n) is 2.93. The molecule has 0 spiro atoms. The molecule has 0 aromatic carbocycles. The molecular formula is C13H14ClN3O. The van der Waals surface area contributed by atoms with E-state index >= 15 is 0 Å². The van der Waals surface area contributed by atoms with E-state index in [1.807, 2.05) is 12.1 Å². The molecule has 0 atom stereocenters. The number of nitrogens with zero attached hydrogens (tertiary/aromatic N) is 2. The average Bonchev–Trinajstić information content (AvgIpc) is 2.99. The van der Waals surface area contributed by atoms with E-state index in [0.717, 1.165) is 29.7 Å². The van der Waals surface area contributed by atoms with Crippen molar-refractivity contribution in [2.24, 2.45) is 5.92 Å². The third-order valence-corrected chi connectivity index (χ3v) is 3.13. The molecule has 0 aliphatic heterocycles. The standard InChI is InChI=1S/C13H14ClN3O/c14-11-7-12(15-8-10-2-1-5-18-10)17-13(16-11)6-9-3-4-9/h1-2,5,7,9H,3-4,6,8H2,(H,15,16,17). The predicted octanol–water partition coefficient (Wildman–Crippen LogP) is 3.29. The molecule has 0 bridgehead atoms. The van der Waals surface area contributed by atoms with Gasteiger partial charge in [0.25, 0.3) is 0 Å². The first-order valence-corrected chi connectivity index (χ1v) is 6.47. The Hall–Kier alpha value is -1.55. The number of furan rings is 1. The lowest BCUT2D eigenvalue weighted by Crippen LogP contribution is -2.04. The number of aromatic nitrogens is 2. The number of hydrogen-bond acceptors (Lipinski definition) is 4. The highest BCUT2D eigenvalue weighted by molar-refractivity contribution is 6.29. The van der Waals surface area contributed by atoms with Crippen LogP contribution in [0.4, 0.5) is 5.82 Å². The summed E-state index contributed by atoms with van der Waals surface area (Å²) in [5.41, 5.74) is 0. The fourth-order valence-electron chi connectivity index (χ4n) is 1.82. The van der Waals surface area contributed by atoms with E-state index in [9.17, 15) is 0 Å². The van der Waals surface area contributed by atoms with Gasteiger partial charge < -0.3 is 9.73 Å². The van der Waals surface area contributed by atoms with Crippen LogP contribution >= 0.6 is 11.6 Å². The molecule has 1 saturated carbocycles. The van der Waals surface area contributed by atoms with E-state index in [-0.39, 0.29) is 0 Å². The summed E-state index contributed by atoms with van der Waals surface area (Å²) in [5, 5.41) is 3.68. The van der Waals surface area contributed by atoms with Crippen LogP contribution in [0.2, 0.25) is 5.15 Å². The molecule has 5 heteroatoms. The van der Waals surface area contributed by atoms with E-state index in [0.29, 0.717) is 11.7 Å². The summed E-state index contributed by atoms with van der Waals surface area (Å²) in [6.07, 6.45) is 5.15. The first-order chi connectivity index (χ1) is 8.79. The summed E-state index contributed by atoms with van der Waals surface area (Å²) in [6.45, 7) is 0.600. The van der Waals surface area contributed by atoms with Gasteiger partial charge in [-0.25, -0.2) is 9.97 Å². The lowest BCUT2D eigenvalue weighted by Gasteiger charge is -2.06. The average molecular weight is 264 g/mol. The zero-order valence-corrected chi connectivity index (χ0v) is 10.7. The topological polar surface area (TPSA) is 51.0 Å². The highest BCUT2D eigenvalue weighted by Crippen LogP contribution is 2.32. The molecular weight excluding hydrogens is 250 g/mol.